The molecule has 2 N–H and O–H groups in total. The number of aromatic amines is 1. The van der Waals surface area contributed by atoms with Crippen LogP contribution in [-0.4, -0.2) is 76.0 Å². The fourth-order valence-electron chi connectivity index (χ4n) is 3.09. The number of hydrogen-bond acceptors (Lipinski definition) is 9. The summed E-state index contributed by atoms with van der Waals surface area (Å²) in [4.78, 5) is 28.7. The van der Waals surface area contributed by atoms with E-state index in [4.69, 9.17) is 9.47 Å². The number of ether oxygens (including phenoxy) is 2. The Balaban J connectivity index is 1.50. The third-order valence-corrected chi connectivity index (χ3v) is 4.57. The van der Waals surface area contributed by atoms with Gasteiger partial charge in [0.15, 0.2) is 0 Å². The summed E-state index contributed by atoms with van der Waals surface area (Å²) in [7, 11) is 1.51. The second kappa shape index (κ2) is 8.17. The largest absolute Gasteiger partial charge is 0.467 e. The third-order valence-electron chi connectivity index (χ3n) is 4.57. The summed E-state index contributed by atoms with van der Waals surface area (Å²) in [5.41, 5.74) is 1.77. The van der Waals surface area contributed by atoms with Crippen molar-refractivity contribution in [2.45, 2.75) is 6.92 Å². The summed E-state index contributed by atoms with van der Waals surface area (Å²) in [6.45, 7) is 4.41. The van der Waals surface area contributed by atoms with Gasteiger partial charge in [0.2, 0.25) is 11.9 Å². The van der Waals surface area contributed by atoms with E-state index in [0.29, 0.717) is 44.7 Å². The number of amides is 1. The van der Waals surface area contributed by atoms with Crippen LogP contribution in [0.3, 0.4) is 0 Å². The molecule has 0 saturated carbocycles. The first-order valence-corrected chi connectivity index (χ1v) is 9.33. The molecule has 0 aliphatic carbocycles. The van der Waals surface area contributed by atoms with Crippen molar-refractivity contribution in [2.75, 3.05) is 50.1 Å². The number of aromatic nitrogens is 5. The quantitative estimate of drug-likeness (QED) is 0.662. The molecule has 4 rings (SSSR count). The van der Waals surface area contributed by atoms with Gasteiger partial charge >= 0.3 is 12.1 Å². The SMILES string of the molecule is CCOC(=O)N1CCN(c2nc(Nc3ccc4[nH]ncc4c3)nc(OC)n2)CC1. The van der Waals surface area contributed by atoms with Crippen molar-refractivity contribution in [3.05, 3.63) is 24.4 Å². The van der Waals surface area contributed by atoms with Gasteiger partial charge in [-0.3, -0.25) is 5.10 Å². The fraction of sp³-hybridized carbons (Fsp3) is 0.389. The summed E-state index contributed by atoms with van der Waals surface area (Å²) in [6.07, 6.45) is 1.46. The Morgan fingerprint density at radius 1 is 1.21 bits per heavy atom. The minimum atomic E-state index is -0.294. The molecule has 0 spiro atoms. The predicted octanol–water partition coefficient (Wildman–Crippen LogP) is 1.78. The second-order valence-corrected chi connectivity index (χ2v) is 6.42. The van der Waals surface area contributed by atoms with Crippen LogP contribution in [-0.2, 0) is 4.74 Å². The molecule has 0 unspecified atom stereocenters. The van der Waals surface area contributed by atoms with Crippen LogP contribution in [0.25, 0.3) is 10.9 Å². The number of benzene rings is 1. The van der Waals surface area contributed by atoms with Gasteiger partial charge in [-0.2, -0.15) is 20.1 Å². The highest BCUT2D eigenvalue weighted by molar-refractivity contribution is 5.82. The number of fused-ring (bicyclic) bond motifs is 1. The minimum absolute atomic E-state index is 0.217. The lowest BCUT2D eigenvalue weighted by Gasteiger charge is -2.34. The van der Waals surface area contributed by atoms with E-state index in [1.807, 2.05) is 23.1 Å². The van der Waals surface area contributed by atoms with Crippen molar-refractivity contribution < 1.29 is 14.3 Å². The van der Waals surface area contributed by atoms with Crippen molar-refractivity contribution >= 4 is 34.6 Å². The van der Waals surface area contributed by atoms with Crippen LogP contribution in [0.5, 0.6) is 6.01 Å². The number of nitrogens with one attached hydrogen (secondary N) is 2. The lowest BCUT2D eigenvalue weighted by atomic mass is 10.2. The number of anilines is 3. The average molecular weight is 398 g/mol. The second-order valence-electron chi connectivity index (χ2n) is 6.42. The van der Waals surface area contributed by atoms with Crippen LogP contribution >= 0.6 is 0 Å². The Bertz CT molecular complexity index is 1000. The molecule has 0 atom stereocenters. The Kier molecular flexibility index (Phi) is 5.27. The Morgan fingerprint density at radius 3 is 2.79 bits per heavy atom. The predicted molar refractivity (Wildman–Crippen MR) is 107 cm³/mol. The molecular formula is C18H22N8O3. The van der Waals surface area contributed by atoms with E-state index in [0.717, 1.165) is 16.6 Å². The van der Waals surface area contributed by atoms with Gasteiger partial charge in [0.25, 0.3) is 0 Å². The zero-order valence-electron chi connectivity index (χ0n) is 16.3. The van der Waals surface area contributed by atoms with E-state index in [9.17, 15) is 4.79 Å². The minimum Gasteiger partial charge on any atom is -0.467 e. The number of methoxy groups -OCH3 is 1. The first-order valence-electron chi connectivity index (χ1n) is 9.33. The van der Waals surface area contributed by atoms with Crippen molar-refractivity contribution in [3.63, 3.8) is 0 Å². The summed E-state index contributed by atoms with van der Waals surface area (Å²) < 4.78 is 10.3. The molecule has 1 saturated heterocycles. The first-order chi connectivity index (χ1) is 14.2. The smallest absolute Gasteiger partial charge is 0.409 e. The van der Waals surface area contributed by atoms with Crippen LogP contribution in [0.2, 0.25) is 0 Å². The summed E-state index contributed by atoms with van der Waals surface area (Å²) in [6, 6.07) is 6.01. The highest BCUT2D eigenvalue weighted by Crippen LogP contribution is 2.22. The van der Waals surface area contributed by atoms with Gasteiger partial charge in [-0.05, 0) is 25.1 Å². The molecule has 1 amide bonds. The Labute approximate surface area is 167 Å². The maximum absolute atomic E-state index is 11.9. The molecule has 0 bridgehead atoms. The van der Waals surface area contributed by atoms with Gasteiger partial charge < -0.3 is 24.6 Å². The van der Waals surface area contributed by atoms with Gasteiger partial charge in [0, 0.05) is 37.3 Å². The van der Waals surface area contributed by atoms with Crippen LogP contribution in [0.4, 0.5) is 22.4 Å². The number of carbonyl (C=O) groups excluding carboxylic acids is 1. The molecular weight excluding hydrogens is 376 g/mol. The molecule has 3 heterocycles. The molecule has 29 heavy (non-hydrogen) atoms. The first kappa shape index (κ1) is 18.7. The number of H-pyrrole nitrogens is 1. The maximum atomic E-state index is 11.9. The zero-order valence-corrected chi connectivity index (χ0v) is 16.3. The standard InChI is InChI=1S/C18H22N8O3/c1-3-29-18(27)26-8-6-25(7-9-26)16-21-15(22-17(23-16)28-2)20-13-4-5-14-12(10-13)11-19-24-14/h4-5,10-11H,3,6-9H2,1-2H3,(H,19,24)(H,20,21,22,23). The Hall–Kier alpha value is -3.63. The van der Waals surface area contributed by atoms with Gasteiger partial charge in [0.1, 0.15) is 0 Å². The van der Waals surface area contributed by atoms with Crippen LogP contribution in [0.15, 0.2) is 24.4 Å². The molecule has 1 aliphatic rings. The fourth-order valence-corrected chi connectivity index (χ4v) is 3.09. The topological polar surface area (TPSA) is 121 Å². The van der Waals surface area contributed by atoms with Crippen molar-refractivity contribution in [1.82, 2.24) is 30.0 Å². The lowest BCUT2D eigenvalue weighted by Crippen LogP contribution is -2.49. The van der Waals surface area contributed by atoms with E-state index < -0.39 is 0 Å². The molecule has 11 nitrogen and oxygen atoms in total. The maximum Gasteiger partial charge on any atom is 0.409 e. The molecule has 0 radical (unpaired) electrons. The van der Waals surface area contributed by atoms with Crippen molar-refractivity contribution in [3.8, 4) is 6.01 Å². The van der Waals surface area contributed by atoms with Crippen LogP contribution in [0, 0.1) is 0 Å². The summed E-state index contributed by atoms with van der Waals surface area (Å²) >= 11 is 0. The third kappa shape index (κ3) is 4.13. The molecule has 1 fully saturated rings. The number of hydrogen-bond donors (Lipinski definition) is 2. The summed E-state index contributed by atoms with van der Waals surface area (Å²) in [5.74, 6) is 0.870. The van der Waals surface area contributed by atoms with Crippen molar-refractivity contribution in [1.29, 1.82) is 0 Å². The zero-order chi connectivity index (χ0) is 20.2. The molecule has 1 aliphatic heterocycles. The number of rotatable bonds is 5. The Morgan fingerprint density at radius 2 is 2.03 bits per heavy atom. The van der Waals surface area contributed by atoms with E-state index in [-0.39, 0.29) is 12.1 Å². The van der Waals surface area contributed by atoms with Gasteiger partial charge in [0.05, 0.1) is 25.4 Å². The van der Waals surface area contributed by atoms with Gasteiger partial charge in [-0.15, -0.1) is 0 Å². The van der Waals surface area contributed by atoms with E-state index >= 15 is 0 Å². The molecule has 11 heteroatoms. The number of carbonyl (C=O) groups is 1. The molecule has 2 aromatic heterocycles. The van der Waals surface area contributed by atoms with E-state index in [2.05, 4.69) is 30.5 Å². The monoisotopic (exact) mass is 398 g/mol. The van der Waals surface area contributed by atoms with E-state index in [1.165, 1.54) is 7.11 Å². The van der Waals surface area contributed by atoms with E-state index in [1.54, 1.807) is 18.0 Å². The molecule has 152 valence electrons. The van der Waals surface area contributed by atoms with Crippen molar-refractivity contribution in [2.24, 2.45) is 0 Å². The normalized spacial score (nSPS) is 14.1. The highest BCUT2D eigenvalue weighted by Gasteiger charge is 2.24. The van der Waals surface area contributed by atoms with Crippen LogP contribution in [0.1, 0.15) is 6.92 Å². The molecule has 3 aromatic rings. The summed E-state index contributed by atoms with van der Waals surface area (Å²) in [5, 5.41) is 11.1. The number of nitrogens with zero attached hydrogens (tertiary/aromatic N) is 6. The van der Waals surface area contributed by atoms with Crippen LogP contribution < -0.4 is 15.0 Å². The number of piperazine rings is 1. The molecule has 1 aromatic carbocycles. The van der Waals surface area contributed by atoms with Gasteiger partial charge in [-0.1, -0.05) is 0 Å². The average Bonchev–Trinajstić information content (AvgIpc) is 3.21. The lowest BCUT2D eigenvalue weighted by molar-refractivity contribution is 0.105. The van der Waals surface area contributed by atoms with Gasteiger partial charge in [-0.25, -0.2) is 4.79 Å². The highest BCUT2D eigenvalue weighted by atomic mass is 16.6.